The number of nitrogens with zero attached hydrogens (tertiary/aromatic N) is 1. The molecule has 7 heteroatoms. The first-order valence-electron chi connectivity index (χ1n) is 8.13. The highest BCUT2D eigenvalue weighted by Gasteiger charge is 2.42. The molecule has 0 radical (unpaired) electrons. The number of hydrogen-bond donors (Lipinski definition) is 0. The molecule has 0 amide bonds. The molecule has 0 aliphatic carbocycles. The van der Waals surface area contributed by atoms with E-state index >= 15 is 0 Å². The highest BCUT2D eigenvalue weighted by molar-refractivity contribution is 7.92. The summed E-state index contributed by atoms with van der Waals surface area (Å²) in [5.74, 6) is 0.0384. The van der Waals surface area contributed by atoms with Crippen LogP contribution in [0.2, 0.25) is 0 Å². The minimum Gasteiger partial charge on any atom is -0.228 e. The third-order valence-electron chi connectivity index (χ3n) is 4.57. The van der Waals surface area contributed by atoms with Crippen molar-refractivity contribution in [3.05, 3.63) is 54.1 Å². The lowest BCUT2D eigenvalue weighted by atomic mass is 10.0. The van der Waals surface area contributed by atoms with Crippen LogP contribution < -0.4 is 0 Å². The highest BCUT2D eigenvalue weighted by atomic mass is 32.2. The molecule has 3 rings (SSSR count). The number of sulfone groups is 1. The Kier molecular flexibility index (Phi) is 4.74. The Bertz CT molecular complexity index is 974. The Morgan fingerprint density at radius 1 is 0.960 bits per heavy atom. The Morgan fingerprint density at radius 2 is 1.60 bits per heavy atom. The van der Waals surface area contributed by atoms with Gasteiger partial charge in [-0.1, -0.05) is 48.9 Å². The summed E-state index contributed by atoms with van der Waals surface area (Å²) >= 11 is 0. The van der Waals surface area contributed by atoms with Crippen molar-refractivity contribution < 1.29 is 16.8 Å². The summed E-state index contributed by atoms with van der Waals surface area (Å²) in [6, 6.07) is 14.7. The lowest BCUT2D eigenvalue weighted by molar-refractivity contribution is 0.310. The van der Waals surface area contributed by atoms with Crippen molar-refractivity contribution in [3.63, 3.8) is 0 Å². The van der Waals surface area contributed by atoms with Crippen molar-refractivity contribution in [1.82, 2.24) is 4.31 Å². The lowest BCUT2D eigenvalue weighted by Gasteiger charge is -2.37. The topological polar surface area (TPSA) is 71.5 Å². The summed E-state index contributed by atoms with van der Waals surface area (Å²) in [6.07, 6.45) is 0. The van der Waals surface area contributed by atoms with E-state index in [4.69, 9.17) is 0 Å². The van der Waals surface area contributed by atoms with Crippen LogP contribution in [0, 0.1) is 6.92 Å². The minimum absolute atomic E-state index is 0.0384. The molecule has 2 aromatic rings. The molecule has 0 atom stereocenters. The van der Waals surface area contributed by atoms with Crippen LogP contribution in [-0.4, -0.2) is 45.2 Å². The van der Waals surface area contributed by atoms with E-state index in [1.807, 2.05) is 31.2 Å². The van der Waals surface area contributed by atoms with Gasteiger partial charge in [-0.2, -0.15) is 4.31 Å². The van der Waals surface area contributed by atoms with Gasteiger partial charge in [0.25, 0.3) is 0 Å². The second kappa shape index (κ2) is 6.55. The molecule has 0 bridgehead atoms. The van der Waals surface area contributed by atoms with Gasteiger partial charge in [-0.05, 0) is 30.2 Å². The van der Waals surface area contributed by atoms with Gasteiger partial charge >= 0.3 is 0 Å². The van der Waals surface area contributed by atoms with Crippen LogP contribution >= 0.6 is 0 Å². The molecule has 0 spiro atoms. The maximum absolute atomic E-state index is 12.6. The molecule has 1 aliphatic heterocycles. The molecule has 1 saturated heterocycles. The summed E-state index contributed by atoms with van der Waals surface area (Å²) in [5, 5.41) is -0.584. The van der Waals surface area contributed by atoms with Gasteiger partial charge in [-0.3, -0.25) is 0 Å². The first kappa shape index (κ1) is 18.1. The van der Waals surface area contributed by atoms with Gasteiger partial charge in [-0.25, -0.2) is 16.8 Å². The summed E-state index contributed by atoms with van der Waals surface area (Å²) in [5.41, 5.74) is 3.11. The number of rotatable bonds is 5. The molecule has 0 N–H and O–H groups in total. The average Bonchev–Trinajstić information content (AvgIpc) is 2.53. The lowest BCUT2D eigenvalue weighted by Crippen LogP contribution is -2.57. The average molecular weight is 380 g/mol. The molecule has 5 nitrogen and oxygen atoms in total. The van der Waals surface area contributed by atoms with Crippen molar-refractivity contribution in [3.8, 4) is 11.1 Å². The molecule has 1 heterocycles. The van der Waals surface area contributed by atoms with E-state index in [1.54, 1.807) is 31.2 Å². The summed E-state index contributed by atoms with van der Waals surface area (Å²) in [4.78, 5) is 0.191. The SMILES string of the molecule is CCS(=O)(=O)C1CN(S(=O)(=O)c2ccc(-c3cccc(C)c3)cc2)C1. The number of aryl methyl sites for hydroxylation is 1. The van der Waals surface area contributed by atoms with E-state index in [0.717, 1.165) is 16.7 Å². The largest absolute Gasteiger partial charge is 0.243 e. The van der Waals surface area contributed by atoms with Crippen molar-refractivity contribution in [1.29, 1.82) is 0 Å². The quantitative estimate of drug-likeness (QED) is 0.800. The number of sulfonamides is 1. The van der Waals surface area contributed by atoms with Crippen LogP contribution in [-0.2, 0) is 19.9 Å². The van der Waals surface area contributed by atoms with Crippen LogP contribution in [0.5, 0.6) is 0 Å². The van der Waals surface area contributed by atoms with Gasteiger partial charge < -0.3 is 0 Å². The molecule has 25 heavy (non-hydrogen) atoms. The second-order valence-electron chi connectivity index (χ2n) is 6.29. The fourth-order valence-electron chi connectivity index (χ4n) is 2.85. The van der Waals surface area contributed by atoms with Gasteiger partial charge in [0, 0.05) is 18.8 Å². The van der Waals surface area contributed by atoms with E-state index in [9.17, 15) is 16.8 Å². The highest BCUT2D eigenvalue weighted by Crippen LogP contribution is 2.27. The van der Waals surface area contributed by atoms with Crippen LogP contribution in [0.15, 0.2) is 53.4 Å². The Labute approximate surface area is 149 Å². The number of hydrogen-bond acceptors (Lipinski definition) is 4. The molecule has 134 valence electrons. The van der Waals surface area contributed by atoms with Crippen molar-refractivity contribution in [2.75, 3.05) is 18.8 Å². The molecular formula is C18H21NO4S2. The Balaban J connectivity index is 1.78. The molecule has 1 fully saturated rings. The second-order valence-corrected chi connectivity index (χ2v) is 10.8. The van der Waals surface area contributed by atoms with Crippen LogP contribution in [0.1, 0.15) is 12.5 Å². The van der Waals surface area contributed by atoms with Crippen LogP contribution in [0.3, 0.4) is 0 Å². The van der Waals surface area contributed by atoms with Gasteiger partial charge in [-0.15, -0.1) is 0 Å². The van der Waals surface area contributed by atoms with Crippen LogP contribution in [0.4, 0.5) is 0 Å². The first-order valence-corrected chi connectivity index (χ1v) is 11.3. The predicted molar refractivity (Wildman–Crippen MR) is 98.6 cm³/mol. The maximum Gasteiger partial charge on any atom is 0.243 e. The third-order valence-corrected chi connectivity index (χ3v) is 8.53. The molecule has 2 aromatic carbocycles. The minimum atomic E-state index is -3.64. The zero-order chi connectivity index (χ0) is 18.2. The Hall–Kier alpha value is -1.70. The third kappa shape index (κ3) is 3.49. The standard InChI is InChI=1S/C18H21NO4S2/c1-3-24(20,21)18-12-19(13-18)25(22,23)17-9-7-15(8-10-17)16-6-4-5-14(2)11-16/h4-11,18H,3,12-13H2,1-2H3. The van der Waals surface area contributed by atoms with E-state index in [1.165, 1.54) is 4.31 Å². The summed E-state index contributed by atoms with van der Waals surface area (Å²) in [7, 11) is -6.83. The molecular weight excluding hydrogens is 358 g/mol. The fourth-order valence-corrected chi connectivity index (χ4v) is 5.86. The maximum atomic E-state index is 12.6. The van der Waals surface area contributed by atoms with Gasteiger partial charge in [0.2, 0.25) is 10.0 Å². The fraction of sp³-hybridized carbons (Fsp3) is 0.333. The monoisotopic (exact) mass is 379 g/mol. The van der Waals surface area contributed by atoms with Crippen molar-refractivity contribution >= 4 is 19.9 Å². The molecule has 1 aliphatic rings. The van der Waals surface area contributed by atoms with E-state index in [0.29, 0.717) is 0 Å². The molecule has 0 aromatic heterocycles. The zero-order valence-electron chi connectivity index (χ0n) is 14.2. The van der Waals surface area contributed by atoms with Crippen LogP contribution in [0.25, 0.3) is 11.1 Å². The van der Waals surface area contributed by atoms with Crippen molar-refractivity contribution in [2.45, 2.75) is 24.0 Å². The summed E-state index contributed by atoms with van der Waals surface area (Å²) < 4.78 is 50.0. The van der Waals surface area contributed by atoms with Gasteiger partial charge in [0.1, 0.15) is 0 Å². The van der Waals surface area contributed by atoms with E-state index in [-0.39, 0.29) is 23.7 Å². The summed E-state index contributed by atoms with van der Waals surface area (Å²) in [6.45, 7) is 3.67. The van der Waals surface area contributed by atoms with Crippen molar-refractivity contribution in [2.24, 2.45) is 0 Å². The Morgan fingerprint density at radius 3 is 2.16 bits per heavy atom. The number of benzene rings is 2. The van der Waals surface area contributed by atoms with E-state index in [2.05, 4.69) is 0 Å². The van der Waals surface area contributed by atoms with Gasteiger partial charge in [0.05, 0.1) is 10.1 Å². The van der Waals surface area contributed by atoms with Gasteiger partial charge in [0.15, 0.2) is 9.84 Å². The smallest absolute Gasteiger partial charge is 0.228 e. The molecule has 0 unspecified atom stereocenters. The molecule has 0 saturated carbocycles. The first-order chi connectivity index (χ1) is 11.7. The zero-order valence-corrected chi connectivity index (χ0v) is 15.8. The predicted octanol–water partition coefficient (Wildman–Crippen LogP) is 2.47. The normalized spacial score (nSPS) is 16.6. The van der Waals surface area contributed by atoms with E-state index < -0.39 is 25.1 Å².